The van der Waals surface area contributed by atoms with Crippen LogP contribution in [0.25, 0.3) is 0 Å². The Morgan fingerprint density at radius 2 is 2.23 bits per heavy atom. The number of hydrogen-bond acceptors (Lipinski definition) is 2. The molecule has 0 saturated carbocycles. The minimum Gasteiger partial charge on any atom is -0.490 e. The van der Waals surface area contributed by atoms with Crippen molar-refractivity contribution < 1.29 is 4.74 Å². The van der Waals surface area contributed by atoms with E-state index in [9.17, 15) is 0 Å². The van der Waals surface area contributed by atoms with Crippen molar-refractivity contribution in [2.45, 2.75) is 20.8 Å². The van der Waals surface area contributed by atoms with Crippen molar-refractivity contribution in [2.24, 2.45) is 0 Å². The second-order valence-electron chi connectivity index (χ2n) is 3.17. The van der Waals surface area contributed by atoms with E-state index < -0.39 is 0 Å². The normalized spacial score (nSPS) is 22.1. The summed E-state index contributed by atoms with van der Waals surface area (Å²) in [7, 11) is 0. The second kappa shape index (κ2) is 4.17. The fourth-order valence-electron chi connectivity index (χ4n) is 1.28. The summed E-state index contributed by atoms with van der Waals surface area (Å²) in [4.78, 5) is 0. The molecular formula is C11H17NO. The largest absolute Gasteiger partial charge is 0.490 e. The smallest absolute Gasteiger partial charge is 0.135 e. The first-order valence-corrected chi connectivity index (χ1v) is 4.57. The van der Waals surface area contributed by atoms with Crippen molar-refractivity contribution in [1.29, 1.82) is 0 Å². The summed E-state index contributed by atoms with van der Waals surface area (Å²) in [6.45, 7) is 11.6. The molecule has 2 nitrogen and oxygen atoms in total. The van der Waals surface area contributed by atoms with E-state index in [-0.39, 0.29) is 0 Å². The molecule has 1 rings (SSSR count). The van der Waals surface area contributed by atoms with Gasteiger partial charge in [-0.2, -0.15) is 0 Å². The minimum atomic E-state index is 0.713. The van der Waals surface area contributed by atoms with Gasteiger partial charge in [-0.1, -0.05) is 18.2 Å². The fourth-order valence-corrected chi connectivity index (χ4v) is 1.28. The van der Waals surface area contributed by atoms with E-state index in [0.29, 0.717) is 6.61 Å². The Hall–Kier alpha value is -1.18. The highest BCUT2D eigenvalue weighted by molar-refractivity contribution is 5.39. The van der Waals surface area contributed by atoms with E-state index in [2.05, 4.69) is 31.8 Å². The molecule has 72 valence electrons. The molecule has 1 aliphatic heterocycles. The Bertz CT molecular complexity index is 274. The van der Waals surface area contributed by atoms with Crippen LogP contribution in [-0.4, -0.2) is 13.2 Å². The molecule has 0 bridgehead atoms. The third kappa shape index (κ3) is 2.14. The highest BCUT2D eigenvalue weighted by Gasteiger charge is 2.12. The molecule has 0 aromatic heterocycles. The first-order valence-electron chi connectivity index (χ1n) is 4.57. The van der Waals surface area contributed by atoms with Crippen LogP contribution in [0.3, 0.4) is 0 Å². The molecule has 1 aliphatic rings. The van der Waals surface area contributed by atoms with Gasteiger partial charge in [0.15, 0.2) is 0 Å². The van der Waals surface area contributed by atoms with Crippen molar-refractivity contribution in [3.63, 3.8) is 0 Å². The predicted molar refractivity (Wildman–Crippen MR) is 55.2 cm³/mol. The van der Waals surface area contributed by atoms with Gasteiger partial charge in [0.25, 0.3) is 0 Å². The van der Waals surface area contributed by atoms with Gasteiger partial charge in [-0.15, -0.1) is 0 Å². The van der Waals surface area contributed by atoms with E-state index in [1.807, 2.05) is 6.92 Å². The molecule has 0 aromatic carbocycles. The van der Waals surface area contributed by atoms with E-state index in [0.717, 1.165) is 18.0 Å². The van der Waals surface area contributed by atoms with E-state index in [1.54, 1.807) is 0 Å². The average molecular weight is 179 g/mol. The summed E-state index contributed by atoms with van der Waals surface area (Å²) < 4.78 is 5.36. The molecule has 1 heterocycles. The lowest BCUT2D eigenvalue weighted by Crippen LogP contribution is -2.28. The van der Waals surface area contributed by atoms with Crippen LogP contribution in [-0.2, 0) is 4.74 Å². The maximum Gasteiger partial charge on any atom is 0.135 e. The van der Waals surface area contributed by atoms with Gasteiger partial charge in [-0.05, 0) is 26.3 Å². The average Bonchev–Trinajstić information content (AvgIpc) is 2.16. The molecular weight excluding hydrogens is 162 g/mol. The summed E-state index contributed by atoms with van der Waals surface area (Å²) in [5.41, 5.74) is 3.52. The Labute approximate surface area is 80.0 Å². The summed E-state index contributed by atoms with van der Waals surface area (Å²) in [6.07, 6.45) is 2.09. The Balaban J connectivity index is 2.94. The second-order valence-corrected chi connectivity index (χ2v) is 3.17. The molecule has 0 amide bonds. The number of hydrogen-bond donors (Lipinski definition) is 1. The number of nitrogens with one attached hydrogen (secondary N) is 1. The van der Waals surface area contributed by atoms with Crippen LogP contribution in [0.2, 0.25) is 0 Å². The predicted octanol–water partition coefficient (Wildman–Crippen LogP) is 2.36. The molecule has 0 unspecified atom stereocenters. The Morgan fingerprint density at radius 1 is 1.54 bits per heavy atom. The maximum absolute atomic E-state index is 5.36. The number of ether oxygens (including phenoxy) is 1. The molecule has 1 N–H and O–H groups in total. The lowest BCUT2D eigenvalue weighted by molar-refractivity contribution is 0.198. The monoisotopic (exact) mass is 179 g/mol. The van der Waals surface area contributed by atoms with Gasteiger partial charge in [-0.25, -0.2) is 0 Å². The Kier molecular flexibility index (Phi) is 3.18. The zero-order valence-corrected chi connectivity index (χ0v) is 8.61. The van der Waals surface area contributed by atoms with Crippen LogP contribution >= 0.6 is 0 Å². The zero-order valence-electron chi connectivity index (χ0n) is 8.61. The van der Waals surface area contributed by atoms with Crippen LogP contribution in [0.4, 0.5) is 0 Å². The van der Waals surface area contributed by atoms with Crippen LogP contribution in [0.15, 0.2) is 35.3 Å². The lowest BCUT2D eigenvalue weighted by atomic mass is 10.1. The first kappa shape index (κ1) is 9.90. The molecule has 1 fully saturated rings. The standard InChI is InChI=1S/C11H17NO/c1-5-8(2)9(3)11-10(4)13-7-6-12-11/h5,12H,4,6-7H2,1-3H3/b8-5-,11-9+. The van der Waals surface area contributed by atoms with Crippen molar-refractivity contribution in [2.75, 3.05) is 13.2 Å². The number of allylic oxidation sites excluding steroid dienone is 3. The molecule has 2 heteroatoms. The molecule has 0 aromatic rings. The van der Waals surface area contributed by atoms with Gasteiger partial charge < -0.3 is 10.1 Å². The molecule has 0 spiro atoms. The van der Waals surface area contributed by atoms with Gasteiger partial charge >= 0.3 is 0 Å². The number of morpholine rings is 1. The van der Waals surface area contributed by atoms with Crippen molar-refractivity contribution in [3.05, 3.63) is 35.3 Å². The van der Waals surface area contributed by atoms with Crippen LogP contribution in [0.5, 0.6) is 0 Å². The van der Waals surface area contributed by atoms with Gasteiger partial charge in [0.2, 0.25) is 0 Å². The summed E-state index contributed by atoms with van der Waals surface area (Å²) in [5, 5.41) is 3.30. The first-order chi connectivity index (χ1) is 6.16. The highest BCUT2D eigenvalue weighted by Crippen LogP contribution is 2.19. The molecule has 0 aliphatic carbocycles. The summed E-state index contributed by atoms with van der Waals surface area (Å²) in [5.74, 6) is 0.755. The quantitative estimate of drug-likeness (QED) is 0.667. The van der Waals surface area contributed by atoms with Crippen molar-refractivity contribution in [3.8, 4) is 0 Å². The third-order valence-corrected chi connectivity index (χ3v) is 2.36. The van der Waals surface area contributed by atoms with E-state index >= 15 is 0 Å². The van der Waals surface area contributed by atoms with Crippen LogP contribution < -0.4 is 5.32 Å². The topological polar surface area (TPSA) is 21.3 Å². The molecule has 0 atom stereocenters. The van der Waals surface area contributed by atoms with E-state index in [1.165, 1.54) is 11.1 Å². The van der Waals surface area contributed by atoms with Gasteiger partial charge in [0.1, 0.15) is 12.4 Å². The van der Waals surface area contributed by atoms with Gasteiger partial charge in [0, 0.05) is 6.54 Å². The Morgan fingerprint density at radius 3 is 2.77 bits per heavy atom. The number of rotatable bonds is 1. The third-order valence-electron chi connectivity index (χ3n) is 2.36. The maximum atomic E-state index is 5.36. The summed E-state index contributed by atoms with van der Waals surface area (Å²) >= 11 is 0. The molecule has 0 radical (unpaired) electrons. The highest BCUT2D eigenvalue weighted by atomic mass is 16.5. The lowest BCUT2D eigenvalue weighted by Gasteiger charge is -2.23. The van der Waals surface area contributed by atoms with Crippen LogP contribution in [0.1, 0.15) is 20.8 Å². The van der Waals surface area contributed by atoms with Crippen LogP contribution in [0, 0.1) is 0 Å². The van der Waals surface area contributed by atoms with Crippen molar-refractivity contribution >= 4 is 0 Å². The zero-order chi connectivity index (χ0) is 9.84. The van der Waals surface area contributed by atoms with Crippen molar-refractivity contribution in [1.82, 2.24) is 5.32 Å². The van der Waals surface area contributed by atoms with Gasteiger partial charge in [0.05, 0.1) is 5.70 Å². The van der Waals surface area contributed by atoms with E-state index in [4.69, 9.17) is 4.74 Å². The van der Waals surface area contributed by atoms with Gasteiger partial charge in [-0.3, -0.25) is 0 Å². The summed E-state index contributed by atoms with van der Waals surface area (Å²) in [6, 6.07) is 0. The minimum absolute atomic E-state index is 0.713. The SMILES string of the molecule is C=C1OCCN/C1=C(C)/C(C)=C\C. The molecule has 1 saturated heterocycles. The fraction of sp³-hybridized carbons (Fsp3) is 0.455. The molecule has 13 heavy (non-hydrogen) atoms.